The van der Waals surface area contributed by atoms with Crippen LogP contribution in [0.1, 0.15) is 33.2 Å². The van der Waals surface area contributed by atoms with E-state index in [1.807, 2.05) is 29.0 Å². The second-order valence-electron chi connectivity index (χ2n) is 6.73. The average Bonchev–Trinajstić information content (AvgIpc) is 3.43. The molecule has 0 atom stereocenters. The van der Waals surface area contributed by atoms with E-state index in [-0.39, 0.29) is 12.5 Å². The van der Waals surface area contributed by atoms with E-state index < -0.39 is 0 Å². The highest BCUT2D eigenvalue weighted by molar-refractivity contribution is 5.94. The predicted octanol–water partition coefficient (Wildman–Crippen LogP) is 3.13. The van der Waals surface area contributed by atoms with Crippen LogP contribution in [0, 0.1) is 6.92 Å². The van der Waals surface area contributed by atoms with Gasteiger partial charge in [0.1, 0.15) is 5.75 Å². The number of hydrogen-bond acceptors (Lipinski definition) is 6. The number of aryl methyl sites for hydroxylation is 1. The van der Waals surface area contributed by atoms with Crippen LogP contribution in [-0.4, -0.2) is 25.6 Å². The number of aromatic nitrogens is 4. The van der Waals surface area contributed by atoms with Crippen molar-refractivity contribution in [2.24, 2.45) is 0 Å². The number of hydrogen-bond donors (Lipinski definition) is 1. The third-order valence-corrected chi connectivity index (χ3v) is 4.52. The quantitative estimate of drug-likeness (QED) is 0.486. The lowest BCUT2D eigenvalue weighted by atomic mass is 10.1. The minimum absolute atomic E-state index is 0.146. The van der Waals surface area contributed by atoms with Crippen molar-refractivity contribution in [2.75, 3.05) is 0 Å². The molecule has 8 nitrogen and oxygen atoms in total. The Balaban J connectivity index is 1.33. The molecule has 2 aromatic heterocycles. The van der Waals surface area contributed by atoms with Gasteiger partial charge in [0.25, 0.3) is 5.91 Å². The molecule has 0 aliphatic heterocycles. The van der Waals surface area contributed by atoms with Gasteiger partial charge in [-0.2, -0.15) is 4.98 Å². The molecule has 0 bridgehead atoms. The minimum Gasteiger partial charge on any atom is -0.485 e. The van der Waals surface area contributed by atoms with Gasteiger partial charge < -0.3 is 19.1 Å². The summed E-state index contributed by atoms with van der Waals surface area (Å²) in [6.07, 6.45) is 5.44. The number of carbonyl (C=O) groups is 1. The van der Waals surface area contributed by atoms with Crippen LogP contribution in [0.25, 0.3) is 0 Å². The zero-order valence-electron chi connectivity index (χ0n) is 16.5. The molecule has 1 N–H and O–H groups in total. The fourth-order valence-electron chi connectivity index (χ4n) is 2.99. The van der Waals surface area contributed by atoms with Gasteiger partial charge in [0.05, 0.1) is 6.33 Å². The van der Waals surface area contributed by atoms with Crippen LogP contribution in [0.2, 0.25) is 0 Å². The molecule has 0 fully saturated rings. The summed E-state index contributed by atoms with van der Waals surface area (Å²) in [6, 6.07) is 15.0. The van der Waals surface area contributed by atoms with Gasteiger partial charge in [-0.1, -0.05) is 29.4 Å². The van der Waals surface area contributed by atoms with Crippen LogP contribution in [0.5, 0.6) is 5.75 Å². The van der Waals surface area contributed by atoms with Gasteiger partial charge in [-0.05, 0) is 35.4 Å². The number of nitrogens with zero attached hydrogens (tertiary/aromatic N) is 4. The fraction of sp³-hybridized carbons (Fsp3) is 0.182. The highest BCUT2D eigenvalue weighted by Gasteiger charge is 2.09. The van der Waals surface area contributed by atoms with E-state index in [1.54, 1.807) is 43.7 Å². The predicted molar refractivity (Wildman–Crippen MR) is 109 cm³/mol. The molecule has 2 heterocycles. The number of ether oxygens (including phenoxy) is 1. The van der Waals surface area contributed by atoms with Crippen molar-refractivity contribution in [1.29, 1.82) is 0 Å². The Hall–Kier alpha value is -3.94. The zero-order chi connectivity index (χ0) is 20.8. The maximum atomic E-state index is 12.5. The molecular formula is C22H21N5O3. The molecule has 30 heavy (non-hydrogen) atoms. The molecule has 0 saturated carbocycles. The topological polar surface area (TPSA) is 95.1 Å². The van der Waals surface area contributed by atoms with E-state index >= 15 is 0 Å². The van der Waals surface area contributed by atoms with Crippen molar-refractivity contribution in [2.45, 2.75) is 26.6 Å². The Morgan fingerprint density at radius 1 is 1.13 bits per heavy atom. The molecule has 0 aliphatic rings. The average molecular weight is 403 g/mol. The summed E-state index contributed by atoms with van der Waals surface area (Å²) in [5.41, 5.74) is 2.76. The summed E-state index contributed by atoms with van der Waals surface area (Å²) in [7, 11) is 0. The van der Waals surface area contributed by atoms with Crippen LogP contribution < -0.4 is 10.1 Å². The first-order chi connectivity index (χ1) is 14.7. The molecule has 152 valence electrons. The van der Waals surface area contributed by atoms with E-state index in [0.29, 0.717) is 36.1 Å². The molecule has 1 amide bonds. The first kappa shape index (κ1) is 19.4. The summed E-state index contributed by atoms with van der Waals surface area (Å²) >= 11 is 0. The number of carbonyl (C=O) groups excluding carboxylic acids is 1. The largest absolute Gasteiger partial charge is 0.485 e. The summed E-state index contributed by atoms with van der Waals surface area (Å²) in [6.45, 7) is 3.08. The lowest BCUT2D eigenvalue weighted by molar-refractivity contribution is 0.0951. The Bertz CT molecular complexity index is 1100. The molecule has 4 rings (SSSR count). The SMILES string of the molecule is Cc1nc(COc2ccc(C(=O)NCc3ccccc3Cn3ccnc3)cc2)no1. The molecule has 4 aromatic rings. The summed E-state index contributed by atoms with van der Waals surface area (Å²) in [5, 5.41) is 6.76. The normalized spacial score (nSPS) is 10.7. The lowest BCUT2D eigenvalue weighted by Crippen LogP contribution is -2.23. The van der Waals surface area contributed by atoms with Crippen molar-refractivity contribution in [3.05, 3.63) is 95.7 Å². The van der Waals surface area contributed by atoms with Gasteiger partial charge in [0, 0.05) is 38.0 Å². The van der Waals surface area contributed by atoms with Crippen LogP contribution in [0.4, 0.5) is 0 Å². The second kappa shape index (κ2) is 9.04. The van der Waals surface area contributed by atoms with Crippen LogP contribution in [-0.2, 0) is 19.7 Å². The molecule has 2 aromatic carbocycles. The van der Waals surface area contributed by atoms with E-state index in [1.165, 1.54) is 0 Å². The molecule has 8 heteroatoms. The fourth-order valence-corrected chi connectivity index (χ4v) is 2.99. The molecule has 0 saturated heterocycles. The van der Waals surface area contributed by atoms with Gasteiger partial charge in [-0.25, -0.2) is 4.98 Å². The third-order valence-electron chi connectivity index (χ3n) is 4.52. The van der Waals surface area contributed by atoms with Crippen molar-refractivity contribution >= 4 is 5.91 Å². The second-order valence-corrected chi connectivity index (χ2v) is 6.73. The molecule has 0 radical (unpaired) electrons. The third kappa shape index (κ3) is 4.91. The van der Waals surface area contributed by atoms with E-state index in [2.05, 4.69) is 26.5 Å². The number of amides is 1. The Morgan fingerprint density at radius 2 is 1.93 bits per heavy atom. The van der Waals surface area contributed by atoms with Gasteiger partial charge in [-0.3, -0.25) is 4.79 Å². The molecule has 0 spiro atoms. The van der Waals surface area contributed by atoms with Crippen molar-refractivity contribution in [1.82, 2.24) is 25.0 Å². The van der Waals surface area contributed by atoms with Crippen LogP contribution in [0.3, 0.4) is 0 Å². The zero-order valence-corrected chi connectivity index (χ0v) is 16.5. The van der Waals surface area contributed by atoms with E-state index in [4.69, 9.17) is 9.26 Å². The highest BCUT2D eigenvalue weighted by Crippen LogP contribution is 2.15. The van der Waals surface area contributed by atoms with Crippen LogP contribution >= 0.6 is 0 Å². The maximum Gasteiger partial charge on any atom is 0.251 e. The number of imidazole rings is 1. The van der Waals surface area contributed by atoms with Gasteiger partial charge in [0.15, 0.2) is 6.61 Å². The van der Waals surface area contributed by atoms with Gasteiger partial charge in [0.2, 0.25) is 11.7 Å². The Morgan fingerprint density at radius 3 is 2.63 bits per heavy atom. The highest BCUT2D eigenvalue weighted by atomic mass is 16.5. The number of rotatable bonds is 8. The number of nitrogens with one attached hydrogen (secondary N) is 1. The minimum atomic E-state index is -0.146. The van der Waals surface area contributed by atoms with Gasteiger partial charge >= 0.3 is 0 Å². The Kier molecular flexibility index (Phi) is 5.84. The van der Waals surface area contributed by atoms with Gasteiger partial charge in [-0.15, -0.1) is 0 Å². The molecular weight excluding hydrogens is 382 g/mol. The standard InChI is InChI=1S/C22H21N5O3/c1-16-25-21(26-30-16)14-29-20-8-6-17(7-9-20)22(28)24-12-18-4-2-3-5-19(18)13-27-11-10-23-15-27/h2-11,15H,12-14H2,1H3,(H,24,28). The molecule has 0 unspecified atom stereocenters. The van der Waals surface area contributed by atoms with Crippen LogP contribution in [0.15, 0.2) is 71.8 Å². The number of benzene rings is 2. The smallest absolute Gasteiger partial charge is 0.251 e. The monoisotopic (exact) mass is 403 g/mol. The Labute approximate surface area is 173 Å². The first-order valence-corrected chi connectivity index (χ1v) is 9.50. The van der Waals surface area contributed by atoms with Crippen molar-refractivity contribution in [3.8, 4) is 5.75 Å². The van der Waals surface area contributed by atoms with Crippen molar-refractivity contribution < 1.29 is 14.1 Å². The van der Waals surface area contributed by atoms with E-state index in [9.17, 15) is 4.79 Å². The summed E-state index contributed by atoms with van der Waals surface area (Å²) < 4.78 is 12.5. The summed E-state index contributed by atoms with van der Waals surface area (Å²) in [5.74, 6) is 1.45. The first-order valence-electron chi connectivity index (χ1n) is 9.50. The lowest BCUT2D eigenvalue weighted by Gasteiger charge is -2.11. The molecule has 0 aliphatic carbocycles. The van der Waals surface area contributed by atoms with E-state index in [0.717, 1.165) is 11.1 Å². The maximum absolute atomic E-state index is 12.5. The summed E-state index contributed by atoms with van der Waals surface area (Å²) in [4.78, 5) is 20.7. The van der Waals surface area contributed by atoms with Crippen molar-refractivity contribution in [3.63, 3.8) is 0 Å².